The Morgan fingerprint density at radius 2 is 2.23 bits per heavy atom. The van der Waals surface area contributed by atoms with Gasteiger partial charge in [-0.25, -0.2) is 4.79 Å². The summed E-state index contributed by atoms with van der Waals surface area (Å²) in [6.45, 7) is 1.77. The van der Waals surface area contributed by atoms with Crippen LogP contribution in [0.4, 0.5) is 0 Å². The first kappa shape index (κ1) is 17.6. The summed E-state index contributed by atoms with van der Waals surface area (Å²) in [6.07, 6.45) is 4.95. The van der Waals surface area contributed by atoms with Gasteiger partial charge in [0, 0.05) is 36.0 Å². The summed E-state index contributed by atoms with van der Waals surface area (Å²) in [5.74, 6) is -0.526. The molecule has 0 aliphatic rings. The van der Waals surface area contributed by atoms with E-state index in [0.717, 1.165) is 0 Å². The number of carbonyl (C=O) groups is 1. The number of rotatable bonds is 5. The van der Waals surface area contributed by atoms with Crippen molar-refractivity contribution in [2.75, 3.05) is 13.2 Å². The minimum absolute atomic E-state index is 0.189. The van der Waals surface area contributed by atoms with Crippen LogP contribution in [-0.2, 0) is 11.8 Å². The summed E-state index contributed by atoms with van der Waals surface area (Å²) in [5, 5.41) is 10.0. The predicted octanol–water partition coefficient (Wildman–Crippen LogP) is 1.86. The summed E-state index contributed by atoms with van der Waals surface area (Å²) < 4.78 is 6.44. The number of hydrogen-bond donors (Lipinski definition) is 2. The van der Waals surface area contributed by atoms with Crippen molar-refractivity contribution in [2.45, 2.75) is 6.92 Å². The number of nitrogens with one attached hydrogen (secondary N) is 1. The van der Waals surface area contributed by atoms with E-state index in [0.29, 0.717) is 27.7 Å². The number of aromatic nitrogens is 3. The lowest BCUT2D eigenvalue weighted by Gasteiger charge is -2.10. The van der Waals surface area contributed by atoms with Crippen molar-refractivity contribution in [1.82, 2.24) is 14.5 Å². The summed E-state index contributed by atoms with van der Waals surface area (Å²) in [4.78, 5) is 31.7. The molecular weight excluding hydrogens is 334 g/mol. The Balaban J connectivity index is 2.28. The molecule has 7 heteroatoms. The number of fused-ring (bicyclic) bond motifs is 1. The molecule has 0 radical (unpaired) electrons. The number of esters is 1. The van der Waals surface area contributed by atoms with Crippen LogP contribution in [0.25, 0.3) is 16.5 Å². The first-order valence-corrected chi connectivity index (χ1v) is 8.19. The number of H-pyrrole nitrogens is 1. The summed E-state index contributed by atoms with van der Waals surface area (Å²) in [6, 6.07) is 7.05. The largest absolute Gasteiger partial charge is 0.461 e. The smallest absolute Gasteiger partial charge is 0.354 e. The van der Waals surface area contributed by atoms with Gasteiger partial charge < -0.3 is 19.4 Å². The number of ether oxygens (including phenoxy) is 1. The number of nitrogens with zero attached hydrogens (tertiary/aromatic N) is 2. The molecule has 2 N–H and O–H groups in total. The average molecular weight is 353 g/mol. The maximum Gasteiger partial charge on any atom is 0.354 e. The molecule has 0 aliphatic carbocycles. The predicted molar refractivity (Wildman–Crippen MR) is 97.9 cm³/mol. The molecule has 3 rings (SSSR count). The van der Waals surface area contributed by atoms with E-state index in [9.17, 15) is 14.7 Å². The molecule has 3 aromatic heterocycles. The van der Waals surface area contributed by atoms with Crippen molar-refractivity contribution in [3.63, 3.8) is 0 Å². The lowest BCUT2D eigenvalue weighted by atomic mass is 10.00. The highest BCUT2D eigenvalue weighted by Gasteiger charge is 2.18. The van der Waals surface area contributed by atoms with Crippen LogP contribution in [0.1, 0.15) is 28.7 Å². The Bertz CT molecular complexity index is 1030. The van der Waals surface area contributed by atoms with Crippen molar-refractivity contribution >= 4 is 22.4 Å². The van der Waals surface area contributed by atoms with Gasteiger partial charge in [-0.15, -0.1) is 0 Å². The number of aliphatic hydroxyl groups excluding tert-OH is 1. The highest BCUT2D eigenvalue weighted by atomic mass is 16.5. The minimum Gasteiger partial charge on any atom is -0.461 e. The van der Waals surface area contributed by atoms with Gasteiger partial charge in [0.05, 0.1) is 18.9 Å². The summed E-state index contributed by atoms with van der Waals surface area (Å²) >= 11 is 0. The van der Waals surface area contributed by atoms with Crippen LogP contribution in [0.15, 0.2) is 47.5 Å². The number of aryl methyl sites for hydroxylation is 1. The molecule has 0 unspecified atom stereocenters. The van der Waals surface area contributed by atoms with Gasteiger partial charge in [-0.05, 0) is 31.2 Å². The lowest BCUT2D eigenvalue weighted by molar-refractivity contribution is 0.0520. The molecule has 26 heavy (non-hydrogen) atoms. The molecule has 134 valence electrons. The highest BCUT2D eigenvalue weighted by Crippen LogP contribution is 2.28. The fourth-order valence-corrected chi connectivity index (χ4v) is 2.83. The van der Waals surface area contributed by atoms with Crippen LogP contribution in [0.2, 0.25) is 0 Å². The second-order valence-corrected chi connectivity index (χ2v) is 5.67. The Morgan fingerprint density at radius 1 is 1.42 bits per heavy atom. The van der Waals surface area contributed by atoms with Gasteiger partial charge in [0.1, 0.15) is 11.2 Å². The second kappa shape index (κ2) is 7.37. The zero-order valence-electron chi connectivity index (χ0n) is 14.5. The van der Waals surface area contributed by atoms with E-state index in [1.54, 1.807) is 44.6 Å². The maximum absolute atomic E-state index is 12.5. The molecule has 0 fully saturated rings. The third-order valence-electron chi connectivity index (χ3n) is 3.99. The van der Waals surface area contributed by atoms with E-state index >= 15 is 0 Å². The van der Waals surface area contributed by atoms with Gasteiger partial charge in [-0.3, -0.25) is 9.78 Å². The van der Waals surface area contributed by atoms with Crippen LogP contribution in [-0.4, -0.2) is 38.8 Å². The number of pyridine rings is 2. The van der Waals surface area contributed by atoms with Gasteiger partial charge in [0.25, 0.3) is 5.56 Å². The second-order valence-electron chi connectivity index (χ2n) is 5.67. The third-order valence-corrected chi connectivity index (χ3v) is 3.99. The van der Waals surface area contributed by atoms with E-state index < -0.39 is 5.97 Å². The molecule has 3 aromatic rings. The van der Waals surface area contributed by atoms with E-state index in [1.165, 1.54) is 4.57 Å². The molecule has 0 atom stereocenters. The molecule has 3 heterocycles. The summed E-state index contributed by atoms with van der Waals surface area (Å²) in [7, 11) is 1.63. The number of aromatic amines is 1. The monoisotopic (exact) mass is 353 g/mol. The fourth-order valence-electron chi connectivity index (χ4n) is 2.83. The maximum atomic E-state index is 12.5. The zero-order chi connectivity index (χ0) is 18.7. The molecule has 0 aromatic carbocycles. The third kappa shape index (κ3) is 3.16. The SMILES string of the molecule is CCOC(=O)c1cc2c(C(=CCO)c3ccccn3)cn(C)c(=O)c2[nH]1. The van der Waals surface area contributed by atoms with Gasteiger partial charge in [0.2, 0.25) is 0 Å². The zero-order valence-corrected chi connectivity index (χ0v) is 14.5. The molecule has 0 saturated carbocycles. The van der Waals surface area contributed by atoms with E-state index in [1.807, 2.05) is 12.1 Å². The number of hydrogen-bond acceptors (Lipinski definition) is 5. The molecular formula is C19H19N3O4. The van der Waals surface area contributed by atoms with Crippen LogP contribution >= 0.6 is 0 Å². The molecule has 0 bridgehead atoms. The Kier molecular flexibility index (Phi) is 4.99. The summed E-state index contributed by atoms with van der Waals surface area (Å²) in [5.41, 5.74) is 2.25. The first-order chi connectivity index (χ1) is 12.6. The molecule has 7 nitrogen and oxygen atoms in total. The standard InChI is InChI=1S/C19H19N3O4/c1-3-26-19(25)16-10-13-14(11-22(2)18(24)17(13)21-16)12(7-9-23)15-6-4-5-8-20-15/h4-8,10-11,21,23H,3,9H2,1-2H3. The first-order valence-electron chi connectivity index (χ1n) is 8.19. The van der Waals surface area contributed by atoms with Crippen LogP contribution in [0.3, 0.4) is 0 Å². The Hall–Kier alpha value is -3.19. The minimum atomic E-state index is -0.526. The number of aliphatic hydroxyl groups is 1. The molecule has 0 aliphatic heterocycles. The van der Waals surface area contributed by atoms with Crippen LogP contribution < -0.4 is 5.56 Å². The molecule has 0 spiro atoms. The number of carbonyl (C=O) groups excluding carboxylic acids is 1. The van der Waals surface area contributed by atoms with Crippen molar-refractivity contribution < 1.29 is 14.6 Å². The quantitative estimate of drug-likeness (QED) is 0.683. The van der Waals surface area contributed by atoms with Crippen molar-refractivity contribution in [3.8, 4) is 0 Å². The molecule has 0 amide bonds. The lowest BCUT2D eigenvalue weighted by Crippen LogP contribution is -2.17. The van der Waals surface area contributed by atoms with E-state index in [-0.39, 0.29) is 24.5 Å². The Morgan fingerprint density at radius 3 is 2.88 bits per heavy atom. The van der Waals surface area contributed by atoms with Crippen LogP contribution in [0, 0.1) is 0 Å². The van der Waals surface area contributed by atoms with E-state index in [2.05, 4.69) is 9.97 Å². The van der Waals surface area contributed by atoms with Crippen molar-refractivity contribution in [3.05, 3.63) is 70.0 Å². The van der Waals surface area contributed by atoms with Gasteiger partial charge in [-0.1, -0.05) is 6.07 Å². The topological polar surface area (TPSA) is 97.2 Å². The van der Waals surface area contributed by atoms with Crippen molar-refractivity contribution in [1.29, 1.82) is 0 Å². The van der Waals surface area contributed by atoms with E-state index in [4.69, 9.17) is 4.74 Å². The Labute approximate surface area is 149 Å². The van der Waals surface area contributed by atoms with Crippen molar-refractivity contribution in [2.24, 2.45) is 7.05 Å². The van der Waals surface area contributed by atoms with Gasteiger partial charge >= 0.3 is 5.97 Å². The fraction of sp³-hybridized carbons (Fsp3) is 0.211. The van der Waals surface area contributed by atoms with Crippen LogP contribution in [0.5, 0.6) is 0 Å². The average Bonchev–Trinajstić information content (AvgIpc) is 3.10. The highest BCUT2D eigenvalue weighted by molar-refractivity contribution is 6.00. The van der Waals surface area contributed by atoms with Gasteiger partial charge in [-0.2, -0.15) is 0 Å². The molecule has 0 saturated heterocycles. The normalized spacial score (nSPS) is 11.7. The van der Waals surface area contributed by atoms with Gasteiger partial charge in [0.15, 0.2) is 0 Å².